The van der Waals surface area contributed by atoms with Gasteiger partial charge in [0.2, 0.25) is 5.91 Å². The first-order valence-corrected chi connectivity index (χ1v) is 10.4. The SMILES string of the molecule is CCCCNC(=O)[C@H](C)N(Cc1cccc(OC)c1)C(=O)COc1ccccc1Cl. The zero-order chi connectivity index (χ0) is 21.9. The summed E-state index contributed by atoms with van der Waals surface area (Å²) in [6.07, 6.45) is 1.87. The number of amides is 2. The van der Waals surface area contributed by atoms with Gasteiger partial charge in [-0.2, -0.15) is 0 Å². The topological polar surface area (TPSA) is 67.9 Å². The van der Waals surface area contributed by atoms with E-state index in [1.54, 1.807) is 38.3 Å². The van der Waals surface area contributed by atoms with E-state index in [4.69, 9.17) is 21.1 Å². The molecule has 1 atom stereocenters. The van der Waals surface area contributed by atoms with Crippen LogP contribution in [0.3, 0.4) is 0 Å². The lowest BCUT2D eigenvalue weighted by Gasteiger charge is -2.29. The van der Waals surface area contributed by atoms with Gasteiger partial charge >= 0.3 is 0 Å². The highest BCUT2D eigenvalue weighted by Crippen LogP contribution is 2.23. The Morgan fingerprint density at radius 3 is 2.63 bits per heavy atom. The fourth-order valence-corrected chi connectivity index (χ4v) is 3.06. The number of para-hydroxylation sites is 1. The summed E-state index contributed by atoms with van der Waals surface area (Å²) in [4.78, 5) is 27.1. The summed E-state index contributed by atoms with van der Waals surface area (Å²) in [6.45, 7) is 4.39. The van der Waals surface area contributed by atoms with E-state index in [2.05, 4.69) is 12.2 Å². The zero-order valence-electron chi connectivity index (χ0n) is 17.7. The van der Waals surface area contributed by atoms with Crippen LogP contribution in [0.4, 0.5) is 0 Å². The molecule has 0 aliphatic heterocycles. The lowest BCUT2D eigenvalue weighted by molar-refractivity contribution is -0.142. The van der Waals surface area contributed by atoms with Crippen LogP contribution in [0.1, 0.15) is 32.3 Å². The largest absolute Gasteiger partial charge is 0.497 e. The molecule has 0 saturated carbocycles. The molecule has 0 heterocycles. The summed E-state index contributed by atoms with van der Waals surface area (Å²) in [5, 5.41) is 3.32. The second-order valence-corrected chi connectivity index (χ2v) is 7.32. The monoisotopic (exact) mass is 432 g/mol. The lowest BCUT2D eigenvalue weighted by atomic mass is 10.1. The Bertz CT molecular complexity index is 843. The number of unbranched alkanes of at least 4 members (excludes halogenated alkanes) is 1. The maximum atomic E-state index is 13.0. The number of rotatable bonds is 11. The number of hydrogen-bond acceptors (Lipinski definition) is 4. The summed E-state index contributed by atoms with van der Waals surface area (Å²) < 4.78 is 10.9. The number of carbonyl (C=O) groups excluding carboxylic acids is 2. The number of benzene rings is 2. The molecule has 0 unspecified atom stereocenters. The van der Waals surface area contributed by atoms with Crippen molar-refractivity contribution in [2.75, 3.05) is 20.3 Å². The van der Waals surface area contributed by atoms with Crippen molar-refractivity contribution in [1.82, 2.24) is 10.2 Å². The summed E-state index contributed by atoms with van der Waals surface area (Å²) in [5.41, 5.74) is 0.855. The van der Waals surface area contributed by atoms with Crippen molar-refractivity contribution in [3.8, 4) is 11.5 Å². The first-order valence-electron chi connectivity index (χ1n) is 10.0. The van der Waals surface area contributed by atoms with Gasteiger partial charge in [0.1, 0.15) is 17.5 Å². The molecule has 6 nitrogen and oxygen atoms in total. The smallest absolute Gasteiger partial charge is 0.261 e. The van der Waals surface area contributed by atoms with E-state index in [9.17, 15) is 9.59 Å². The summed E-state index contributed by atoms with van der Waals surface area (Å²) in [7, 11) is 1.59. The Morgan fingerprint density at radius 2 is 1.93 bits per heavy atom. The van der Waals surface area contributed by atoms with Crippen LogP contribution in [0.2, 0.25) is 5.02 Å². The molecule has 0 aliphatic carbocycles. The molecule has 0 fully saturated rings. The molecule has 0 aromatic heterocycles. The van der Waals surface area contributed by atoms with Crippen LogP contribution >= 0.6 is 11.6 Å². The van der Waals surface area contributed by atoms with Gasteiger partial charge in [-0.05, 0) is 43.2 Å². The van der Waals surface area contributed by atoms with Crippen LogP contribution in [-0.2, 0) is 16.1 Å². The second kappa shape index (κ2) is 12.1. The standard InChI is InChI=1S/C23H29ClN2O4/c1-4-5-13-25-23(28)17(2)26(15-18-9-8-10-19(14-18)29-3)22(27)16-30-21-12-7-6-11-20(21)24/h6-12,14,17H,4-5,13,15-16H2,1-3H3,(H,25,28)/t17-/m0/s1. The maximum absolute atomic E-state index is 13.0. The predicted octanol–water partition coefficient (Wildman–Crippen LogP) is 4.06. The van der Waals surface area contributed by atoms with Crippen molar-refractivity contribution in [1.29, 1.82) is 0 Å². The number of halogens is 1. The quantitative estimate of drug-likeness (QED) is 0.544. The van der Waals surface area contributed by atoms with Crippen LogP contribution in [0.5, 0.6) is 11.5 Å². The van der Waals surface area contributed by atoms with Gasteiger partial charge in [0.15, 0.2) is 6.61 Å². The number of methoxy groups -OCH3 is 1. The second-order valence-electron chi connectivity index (χ2n) is 6.91. The summed E-state index contributed by atoms with van der Waals surface area (Å²) in [6, 6.07) is 13.7. The molecular formula is C23H29ClN2O4. The highest BCUT2D eigenvalue weighted by Gasteiger charge is 2.26. The fourth-order valence-electron chi connectivity index (χ4n) is 2.87. The van der Waals surface area contributed by atoms with Gasteiger partial charge in [0, 0.05) is 13.1 Å². The average Bonchev–Trinajstić information content (AvgIpc) is 2.76. The number of nitrogens with one attached hydrogen (secondary N) is 1. The fraction of sp³-hybridized carbons (Fsp3) is 0.391. The average molecular weight is 433 g/mol. The minimum absolute atomic E-state index is 0.197. The van der Waals surface area contributed by atoms with Gasteiger partial charge in [-0.15, -0.1) is 0 Å². The molecule has 2 amide bonds. The molecule has 0 aliphatic rings. The van der Waals surface area contributed by atoms with Crippen LogP contribution in [0.25, 0.3) is 0 Å². The molecule has 2 aromatic rings. The van der Waals surface area contributed by atoms with Gasteiger partial charge in [-0.3, -0.25) is 9.59 Å². The van der Waals surface area contributed by atoms with Crippen LogP contribution in [-0.4, -0.2) is 43.0 Å². The first kappa shape index (κ1) is 23.5. The molecule has 2 rings (SSSR count). The third kappa shape index (κ3) is 6.95. The molecular weight excluding hydrogens is 404 g/mol. The molecule has 1 N–H and O–H groups in total. The Balaban J connectivity index is 2.15. The molecule has 162 valence electrons. The number of carbonyl (C=O) groups is 2. The molecule has 0 bridgehead atoms. The van der Waals surface area contributed by atoms with Crippen molar-refractivity contribution in [2.24, 2.45) is 0 Å². The van der Waals surface area contributed by atoms with E-state index in [1.165, 1.54) is 4.90 Å². The maximum Gasteiger partial charge on any atom is 0.261 e. The Hall–Kier alpha value is -2.73. The van der Waals surface area contributed by atoms with Gasteiger partial charge in [-0.1, -0.05) is 49.2 Å². The normalized spacial score (nSPS) is 11.5. The van der Waals surface area contributed by atoms with Gasteiger partial charge in [-0.25, -0.2) is 0 Å². The zero-order valence-corrected chi connectivity index (χ0v) is 18.4. The van der Waals surface area contributed by atoms with Crippen LogP contribution < -0.4 is 14.8 Å². The summed E-state index contributed by atoms with van der Waals surface area (Å²) in [5.74, 6) is 0.606. The lowest BCUT2D eigenvalue weighted by Crippen LogP contribution is -2.49. The molecule has 0 saturated heterocycles. The predicted molar refractivity (Wildman–Crippen MR) is 118 cm³/mol. The first-order chi connectivity index (χ1) is 14.5. The third-order valence-electron chi connectivity index (χ3n) is 4.67. The van der Waals surface area contributed by atoms with E-state index in [0.717, 1.165) is 18.4 Å². The highest BCUT2D eigenvalue weighted by molar-refractivity contribution is 6.32. The Morgan fingerprint density at radius 1 is 1.17 bits per heavy atom. The summed E-state index contributed by atoms with van der Waals surface area (Å²) >= 11 is 6.11. The van der Waals surface area contributed by atoms with E-state index in [-0.39, 0.29) is 25.0 Å². The van der Waals surface area contributed by atoms with E-state index in [0.29, 0.717) is 23.1 Å². The van der Waals surface area contributed by atoms with E-state index < -0.39 is 6.04 Å². The van der Waals surface area contributed by atoms with Crippen molar-refractivity contribution in [3.05, 3.63) is 59.1 Å². The minimum Gasteiger partial charge on any atom is -0.497 e. The Kier molecular flexibility index (Phi) is 9.48. The van der Waals surface area contributed by atoms with Crippen molar-refractivity contribution >= 4 is 23.4 Å². The molecule has 0 radical (unpaired) electrons. The van der Waals surface area contributed by atoms with E-state index >= 15 is 0 Å². The third-order valence-corrected chi connectivity index (χ3v) is 4.98. The van der Waals surface area contributed by atoms with Gasteiger partial charge < -0.3 is 19.7 Å². The molecule has 30 heavy (non-hydrogen) atoms. The number of nitrogens with zero attached hydrogens (tertiary/aromatic N) is 1. The molecule has 0 spiro atoms. The van der Waals surface area contributed by atoms with Crippen molar-refractivity contribution in [3.63, 3.8) is 0 Å². The molecule has 7 heteroatoms. The number of ether oxygens (including phenoxy) is 2. The van der Waals surface area contributed by atoms with Crippen molar-refractivity contribution < 1.29 is 19.1 Å². The van der Waals surface area contributed by atoms with Crippen LogP contribution in [0.15, 0.2) is 48.5 Å². The Labute approximate surface area is 183 Å². The highest BCUT2D eigenvalue weighted by atomic mass is 35.5. The van der Waals surface area contributed by atoms with Crippen LogP contribution in [0, 0.1) is 0 Å². The number of hydrogen-bond donors (Lipinski definition) is 1. The van der Waals surface area contributed by atoms with Gasteiger partial charge in [0.25, 0.3) is 5.91 Å². The van der Waals surface area contributed by atoms with Gasteiger partial charge in [0.05, 0.1) is 12.1 Å². The van der Waals surface area contributed by atoms with E-state index in [1.807, 2.05) is 24.3 Å². The van der Waals surface area contributed by atoms with Crippen molar-refractivity contribution in [2.45, 2.75) is 39.3 Å². The minimum atomic E-state index is -0.657. The molecule has 2 aromatic carbocycles.